The van der Waals surface area contributed by atoms with Crippen molar-refractivity contribution in [2.75, 3.05) is 24.6 Å². The molecule has 0 radical (unpaired) electrons. The number of aromatic nitrogens is 1. The van der Waals surface area contributed by atoms with Crippen molar-refractivity contribution in [2.24, 2.45) is 17.8 Å². The van der Waals surface area contributed by atoms with Crippen molar-refractivity contribution in [3.8, 4) is 0 Å². The zero-order valence-corrected chi connectivity index (χ0v) is 18.1. The van der Waals surface area contributed by atoms with Gasteiger partial charge in [0.05, 0.1) is 23.4 Å². The lowest BCUT2D eigenvalue weighted by atomic mass is 9.78. The van der Waals surface area contributed by atoms with Gasteiger partial charge < -0.3 is 19.3 Å². The van der Waals surface area contributed by atoms with Gasteiger partial charge in [0.2, 0.25) is 5.43 Å². The summed E-state index contributed by atoms with van der Waals surface area (Å²) in [6.07, 6.45) is 7.04. The lowest BCUT2D eigenvalue weighted by Crippen LogP contribution is -2.32. The molecule has 0 bridgehead atoms. The van der Waals surface area contributed by atoms with E-state index in [2.05, 4.69) is 0 Å². The number of hydrogen-bond donors (Lipinski definition) is 1. The van der Waals surface area contributed by atoms with Crippen LogP contribution in [0.1, 0.15) is 42.6 Å². The number of benzene rings is 1. The number of nitrogens with zero attached hydrogens (tertiary/aromatic N) is 2. The third-order valence-corrected chi connectivity index (χ3v) is 6.96. The van der Waals surface area contributed by atoms with Crippen molar-refractivity contribution in [3.63, 3.8) is 0 Å². The second kappa shape index (κ2) is 7.97. The Labute approximate surface area is 188 Å². The third kappa shape index (κ3) is 3.50. The summed E-state index contributed by atoms with van der Waals surface area (Å²) < 4.78 is 37.8. The number of carboxylic acids is 1. The molecule has 0 amide bonds. The molecule has 1 saturated heterocycles. The number of anilines is 1. The minimum Gasteiger partial charge on any atom is -0.477 e. The molecule has 9 heteroatoms. The monoisotopic (exact) mass is 458 g/mol. The topological polar surface area (TPSA) is 88.8 Å². The molecule has 2 fully saturated rings. The van der Waals surface area contributed by atoms with Gasteiger partial charge in [0.15, 0.2) is 5.82 Å². The van der Waals surface area contributed by atoms with E-state index in [0.717, 1.165) is 18.9 Å². The van der Waals surface area contributed by atoms with Gasteiger partial charge in [-0.2, -0.15) is 0 Å². The number of halogens is 2. The molecule has 174 valence electrons. The average molecular weight is 458 g/mol. The lowest BCUT2D eigenvalue weighted by Gasteiger charge is -2.27. The van der Waals surface area contributed by atoms with Crippen molar-refractivity contribution >= 4 is 28.5 Å². The van der Waals surface area contributed by atoms with Crippen LogP contribution in [0.2, 0.25) is 0 Å². The van der Waals surface area contributed by atoms with E-state index in [4.69, 9.17) is 4.74 Å². The zero-order chi connectivity index (χ0) is 23.4. The quantitative estimate of drug-likeness (QED) is 0.545. The molecule has 1 saturated carbocycles. The van der Waals surface area contributed by atoms with Crippen LogP contribution >= 0.6 is 0 Å². The Balaban J connectivity index is 1.60. The highest BCUT2D eigenvalue weighted by Gasteiger charge is 2.43. The first kappa shape index (κ1) is 21.6. The average Bonchev–Trinajstić information content (AvgIpc) is 3.52. The smallest absolute Gasteiger partial charge is 0.341 e. The summed E-state index contributed by atoms with van der Waals surface area (Å²) >= 11 is 0. The summed E-state index contributed by atoms with van der Waals surface area (Å²) in [5.74, 6) is -4.09. The van der Waals surface area contributed by atoms with Gasteiger partial charge in [-0.15, -0.1) is 0 Å². The number of fused-ring (bicyclic) bond motifs is 2. The highest BCUT2D eigenvalue weighted by Crippen LogP contribution is 2.43. The molecule has 3 atom stereocenters. The molecular formula is C24H24F2N2O5. The number of ether oxygens (including phenoxy) is 1. The highest BCUT2D eigenvalue weighted by atomic mass is 19.1. The standard InChI is InChI=1S/C24H24F2N2O5/c1-2-33-24(32)14-5-3-4-12-9-27(10-16(12)14)21-18(25)8-15-20(19(21)26)28(13-6-7-13)11-17(22(15)29)23(30)31/h3-4,8,11-14,16H,2,5-7,9-10H2,1H3,(H,30,31). The summed E-state index contributed by atoms with van der Waals surface area (Å²) in [6, 6.07) is 0.818. The molecular weight excluding hydrogens is 434 g/mol. The molecule has 3 aliphatic rings. The number of carbonyl (C=O) groups is 2. The fourth-order valence-corrected chi connectivity index (χ4v) is 5.28. The Kier molecular flexibility index (Phi) is 5.22. The van der Waals surface area contributed by atoms with Gasteiger partial charge in [0.1, 0.15) is 17.1 Å². The molecule has 0 spiro atoms. The van der Waals surface area contributed by atoms with Crippen LogP contribution < -0.4 is 10.3 Å². The number of rotatable bonds is 5. The van der Waals surface area contributed by atoms with Crippen LogP contribution in [0.3, 0.4) is 0 Å². The van der Waals surface area contributed by atoms with Crippen LogP contribution in [0.5, 0.6) is 0 Å². The minimum atomic E-state index is -1.43. The number of allylic oxidation sites excluding steroid dienone is 1. The largest absolute Gasteiger partial charge is 0.477 e. The first-order chi connectivity index (χ1) is 15.8. The van der Waals surface area contributed by atoms with Crippen LogP contribution in [0.4, 0.5) is 14.5 Å². The van der Waals surface area contributed by atoms with Crippen LogP contribution in [-0.2, 0) is 9.53 Å². The normalized spacial score (nSPS) is 24.2. The third-order valence-electron chi connectivity index (χ3n) is 6.96. The predicted octanol–water partition coefficient (Wildman–Crippen LogP) is 3.50. The molecule has 1 aliphatic heterocycles. The Hall–Kier alpha value is -3.23. The van der Waals surface area contributed by atoms with Crippen molar-refractivity contribution < 1.29 is 28.2 Å². The van der Waals surface area contributed by atoms with Crippen molar-refractivity contribution in [2.45, 2.75) is 32.2 Å². The van der Waals surface area contributed by atoms with Crippen LogP contribution in [0, 0.1) is 29.4 Å². The maximum atomic E-state index is 15.9. The number of aromatic carboxylic acids is 1. The predicted molar refractivity (Wildman–Crippen MR) is 116 cm³/mol. The number of esters is 1. The van der Waals surface area contributed by atoms with E-state index >= 15 is 8.78 Å². The second-order valence-electron chi connectivity index (χ2n) is 8.99. The number of carboxylic acid groups (broad SMARTS) is 1. The van der Waals surface area contributed by atoms with Gasteiger partial charge in [-0.05, 0) is 44.1 Å². The van der Waals surface area contributed by atoms with E-state index in [1.807, 2.05) is 12.2 Å². The summed E-state index contributed by atoms with van der Waals surface area (Å²) in [4.78, 5) is 38.2. The number of pyridine rings is 1. The summed E-state index contributed by atoms with van der Waals surface area (Å²) in [6.45, 7) is 2.62. The van der Waals surface area contributed by atoms with Crippen LogP contribution in [0.15, 0.2) is 29.2 Å². The van der Waals surface area contributed by atoms with E-state index < -0.39 is 28.6 Å². The summed E-state index contributed by atoms with van der Waals surface area (Å²) in [7, 11) is 0. The van der Waals surface area contributed by atoms with Crippen molar-refractivity contribution in [3.05, 3.63) is 51.8 Å². The molecule has 7 nitrogen and oxygen atoms in total. The Bertz CT molecular complexity index is 1250. The van der Waals surface area contributed by atoms with Crippen molar-refractivity contribution in [1.29, 1.82) is 0 Å². The molecule has 1 aromatic heterocycles. The Morgan fingerprint density at radius 2 is 2.00 bits per heavy atom. The van der Waals surface area contributed by atoms with Gasteiger partial charge in [-0.3, -0.25) is 9.59 Å². The molecule has 1 N–H and O–H groups in total. The maximum Gasteiger partial charge on any atom is 0.341 e. The highest BCUT2D eigenvalue weighted by molar-refractivity contribution is 5.94. The van der Waals surface area contributed by atoms with Crippen LogP contribution in [-0.4, -0.2) is 41.3 Å². The van der Waals surface area contributed by atoms with Gasteiger partial charge >= 0.3 is 11.9 Å². The van der Waals surface area contributed by atoms with Gasteiger partial charge in [-0.25, -0.2) is 13.6 Å². The Morgan fingerprint density at radius 3 is 2.67 bits per heavy atom. The fourth-order valence-electron chi connectivity index (χ4n) is 5.28. The van der Waals surface area contributed by atoms with E-state index in [9.17, 15) is 19.5 Å². The van der Waals surface area contributed by atoms with Gasteiger partial charge in [0, 0.05) is 25.3 Å². The fraction of sp³-hybridized carbons (Fsp3) is 0.458. The Morgan fingerprint density at radius 1 is 1.24 bits per heavy atom. The van der Waals surface area contributed by atoms with Gasteiger partial charge in [0.25, 0.3) is 0 Å². The van der Waals surface area contributed by atoms with Gasteiger partial charge in [-0.1, -0.05) is 12.2 Å². The van der Waals surface area contributed by atoms with Crippen molar-refractivity contribution in [1.82, 2.24) is 4.57 Å². The zero-order valence-electron chi connectivity index (χ0n) is 18.1. The second-order valence-corrected chi connectivity index (χ2v) is 8.99. The summed E-state index contributed by atoms with van der Waals surface area (Å²) in [5, 5.41) is 9.11. The molecule has 3 unspecified atom stereocenters. The van der Waals surface area contributed by atoms with E-state index in [1.54, 1.807) is 11.8 Å². The first-order valence-electron chi connectivity index (χ1n) is 11.2. The number of hydrogen-bond acceptors (Lipinski definition) is 5. The lowest BCUT2D eigenvalue weighted by molar-refractivity contribution is -0.150. The van der Waals surface area contributed by atoms with E-state index in [-0.39, 0.29) is 59.5 Å². The molecule has 5 rings (SSSR count). The molecule has 2 aliphatic carbocycles. The number of carbonyl (C=O) groups excluding carboxylic acids is 1. The minimum absolute atomic E-state index is 0.0531. The molecule has 1 aromatic carbocycles. The van der Waals surface area contributed by atoms with Crippen LogP contribution in [0.25, 0.3) is 10.9 Å². The summed E-state index contributed by atoms with van der Waals surface area (Å²) in [5.41, 5.74) is -1.73. The SMILES string of the molecule is CCOC(=O)C1CC=CC2CN(c3c(F)cc4c(=O)c(C(=O)O)cn(C5CC5)c4c3F)CC21. The maximum absolute atomic E-state index is 15.9. The van der Waals surface area contributed by atoms with E-state index in [1.165, 1.54) is 10.8 Å². The molecule has 2 aromatic rings. The first-order valence-corrected chi connectivity index (χ1v) is 11.2. The van der Waals surface area contributed by atoms with E-state index in [0.29, 0.717) is 13.0 Å². The molecule has 2 heterocycles. The molecule has 33 heavy (non-hydrogen) atoms.